The van der Waals surface area contributed by atoms with Crippen LogP contribution in [0.2, 0.25) is 10.0 Å². The van der Waals surface area contributed by atoms with Crippen LogP contribution in [0, 0.1) is 0 Å². The van der Waals surface area contributed by atoms with Crippen LogP contribution in [0.15, 0.2) is 47.4 Å². The zero-order chi connectivity index (χ0) is 17.3. The van der Waals surface area contributed by atoms with Crippen molar-refractivity contribution >= 4 is 54.6 Å². The summed E-state index contributed by atoms with van der Waals surface area (Å²) in [4.78, 5) is -0.0346. The van der Waals surface area contributed by atoms with Gasteiger partial charge in [-0.3, -0.25) is 9.44 Å². The molecule has 23 heavy (non-hydrogen) atoms. The molecule has 0 atom stereocenters. The van der Waals surface area contributed by atoms with Gasteiger partial charge in [-0.2, -0.15) is 0 Å². The molecule has 10 heteroatoms. The lowest BCUT2D eigenvalue weighted by molar-refractivity contribution is 0.601. The van der Waals surface area contributed by atoms with E-state index in [2.05, 4.69) is 9.44 Å². The van der Waals surface area contributed by atoms with Gasteiger partial charge in [0.05, 0.1) is 16.8 Å². The Morgan fingerprint density at radius 1 is 0.783 bits per heavy atom. The molecule has 2 aromatic carbocycles. The fourth-order valence-electron chi connectivity index (χ4n) is 1.74. The molecule has 0 aliphatic carbocycles. The second kappa shape index (κ2) is 6.56. The molecule has 0 radical (unpaired) electrons. The third-order valence-corrected chi connectivity index (χ3v) is 5.02. The van der Waals surface area contributed by atoms with Gasteiger partial charge in [-0.05, 0) is 42.5 Å². The monoisotopic (exact) mass is 394 g/mol. The van der Waals surface area contributed by atoms with Crippen LogP contribution in [0.5, 0.6) is 0 Å². The minimum atomic E-state index is -3.85. The Morgan fingerprint density at radius 3 is 1.78 bits per heavy atom. The van der Waals surface area contributed by atoms with E-state index in [0.717, 1.165) is 6.26 Å². The molecule has 0 bridgehead atoms. The molecule has 6 nitrogen and oxygen atoms in total. The van der Waals surface area contributed by atoms with Crippen LogP contribution in [0.1, 0.15) is 0 Å². The van der Waals surface area contributed by atoms with Gasteiger partial charge < -0.3 is 0 Å². The standard InChI is InChI=1S/C13H12Cl2N2O4S2/c1-22(18,19)16-11-2-4-13(5-3-11)23(20,21)17-12-7-9(14)6-10(15)8-12/h2-8,16-17H,1H3. The second-order valence-corrected chi connectivity index (χ2v) is 8.97. The topological polar surface area (TPSA) is 92.3 Å². The number of sulfonamides is 2. The van der Waals surface area contributed by atoms with Crippen LogP contribution < -0.4 is 9.44 Å². The number of halogens is 2. The van der Waals surface area contributed by atoms with Gasteiger partial charge in [-0.25, -0.2) is 16.8 Å². The normalized spacial score (nSPS) is 12.0. The van der Waals surface area contributed by atoms with Crippen LogP contribution in [-0.2, 0) is 20.0 Å². The quantitative estimate of drug-likeness (QED) is 0.814. The fraction of sp³-hybridized carbons (Fsp3) is 0.0769. The molecule has 0 spiro atoms. The average Bonchev–Trinajstić information content (AvgIpc) is 2.35. The minimum Gasteiger partial charge on any atom is -0.284 e. The Bertz CT molecular complexity index is 907. The zero-order valence-corrected chi connectivity index (χ0v) is 14.9. The summed E-state index contributed by atoms with van der Waals surface area (Å²) in [7, 11) is -7.28. The van der Waals surface area contributed by atoms with Gasteiger partial charge >= 0.3 is 0 Å². The molecule has 0 aliphatic heterocycles. The summed E-state index contributed by atoms with van der Waals surface area (Å²) in [6.07, 6.45) is 1.00. The highest BCUT2D eigenvalue weighted by molar-refractivity contribution is 7.92. The maximum Gasteiger partial charge on any atom is 0.261 e. The van der Waals surface area contributed by atoms with E-state index >= 15 is 0 Å². The second-order valence-electron chi connectivity index (χ2n) is 4.66. The molecule has 0 saturated carbocycles. The Hall–Kier alpha value is -1.48. The summed E-state index contributed by atoms with van der Waals surface area (Å²) in [5, 5.41) is 0.589. The van der Waals surface area contributed by atoms with Crippen molar-refractivity contribution < 1.29 is 16.8 Å². The van der Waals surface area contributed by atoms with Gasteiger partial charge in [0, 0.05) is 15.7 Å². The first-order valence-corrected chi connectivity index (χ1v) is 10.2. The van der Waals surface area contributed by atoms with Crippen LogP contribution >= 0.6 is 23.2 Å². The number of nitrogens with one attached hydrogen (secondary N) is 2. The maximum atomic E-state index is 12.3. The van der Waals surface area contributed by atoms with Gasteiger partial charge in [0.25, 0.3) is 10.0 Å². The van der Waals surface area contributed by atoms with Crippen molar-refractivity contribution in [3.05, 3.63) is 52.5 Å². The summed E-state index contributed by atoms with van der Waals surface area (Å²) < 4.78 is 51.4. The van der Waals surface area contributed by atoms with Gasteiger partial charge in [0.1, 0.15) is 0 Å². The fourth-order valence-corrected chi connectivity index (χ4v) is 3.87. The van der Waals surface area contributed by atoms with Crippen molar-refractivity contribution in [1.29, 1.82) is 0 Å². The van der Waals surface area contributed by atoms with E-state index in [1.165, 1.54) is 42.5 Å². The SMILES string of the molecule is CS(=O)(=O)Nc1ccc(S(=O)(=O)Nc2cc(Cl)cc(Cl)c2)cc1. The van der Waals surface area contributed by atoms with Crippen molar-refractivity contribution in [2.24, 2.45) is 0 Å². The number of hydrogen-bond donors (Lipinski definition) is 2. The molecule has 2 N–H and O–H groups in total. The first kappa shape index (κ1) is 17.9. The lowest BCUT2D eigenvalue weighted by Gasteiger charge is -2.10. The molecule has 2 rings (SSSR count). The molecule has 124 valence electrons. The molecule has 0 fully saturated rings. The molecule has 0 heterocycles. The highest BCUT2D eigenvalue weighted by atomic mass is 35.5. The largest absolute Gasteiger partial charge is 0.284 e. The van der Waals surface area contributed by atoms with Crippen molar-refractivity contribution in [2.75, 3.05) is 15.7 Å². The highest BCUT2D eigenvalue weighted by Crippen LogP contribution is 2.25. The van der Waals surface area contributed by atoms with E-state index < -0.39 is 20.0 Å². The Balaban J connectivity index is 2.25. The van der Waals surface area contributed by atoms with E-state index in [-0.39, 0.29) is 16.3 Å². The first-order valence-electron chi connectivity index (χ1n) is 6.12. The highest BCUT2D eigenvalue weighted by Gasteiger charge is 2.15. The predicted octanol–water partition coefficient (Wildman–Crippen LogP) is 3.17. The Kier molecular flexibility index (Phi) is 5.10. The smallest absolute Gasteiger partial charge is 0.261 e. The van der Waals surface area contributed by atoms with E-state index in [9.17, 15) is 16.8 Å². The zero-order valence-electron chi connectivity index (χ0n) is 11.7. The van der Waals surface area contributed by atoms with E-state index in [1.807, 2.05) is 0 Å². The maximum absolute atomic E-state index is 12.3. The molecule has 0 saturated heterocycles. The van der Waals surface area contributed by atoms with Gasteiger partial charge in [0.15, 0.2) is 0 Å². The summed E-state index contributed by atoms with van der Waals surface area (Å²) in [5.41, 5.74) is 0.484. The van der Waals surface area contributed by atoms with Crippen LogP contribution in [0.25, 0.3) is 0 Å². The number of rotatable bonds is 5. The van der Waals surface area contributed by atoms with E-state index in [4.69, 9.17) is 23.2 Å². The summed E-state index contributed by atoms with van der Waals surface area (Å²) in [5.74, 6) is 0. The average molecular weight is 395 g/mol. The van der Waals surface area contributed by atoms with E-state index in [1.54, 1.807) is 0 Å². The summed E-state index contributed by atoms with van der Waals surface area (Å²) in [6, 6.07) is 9.58. The van der Waals surface area contributed by atoms with Crippen molar-refractivity contribution in [3.63, 3.8) is 0 Å². The molecular weight excluding hydrogens is 383 g/mol. The van der Waals surface area contributed by atoms with Crippen molar-refractivity contribution in [2.45, 2.75) is 4.90 Å². The minimum absolute atomic E-state index is 0.0346. The molecule has 0 amide bonds. The van der Waals surface area contributed by atoms with Gasteiger partial charge in [0.2, 0.25) is 10.0 Å². The predicted molar refractivity (Wildman–Crippen MR) is 92.2 cm³/mol. The van der Waals surface area contributed by atoms with Crippen molar-refractivity contribution in [3.8, 4) is 0 Å². The summed E-state index contributed by atoms with van der Waals surface area (Å²) in [6.45, 7) is 0. The third-order valence-electron chi connectivity index (χ3n) is 2.58. The van der Waals surface area contributed by atoms with Crippen LogP contribution in [0.4, 0.5) is 11.4 Å². The summed E-state index contributed by atoms with van der Waals surface area (Å²) >= 11 is 11.6. The molecule has 0 unspecified atom stereocenters. The third kappa shape index (κ3) is 5.28. The van der Waals surface area contributed by atoms with Crippen molar-refractivity contribution in [1.82, 2.24) is 0 Å². The lowest BCUT2D eigenvalue weighted by atomic mass is 10.3. The molecular formula is C13H12Cl2N2O4S2. The molecule has 0 aromatic heterocycles. The number of anilines is 2. The Labute approximate surface area is 144 Å². The van der Waals surface area contributed by atoms with Gasteiger partial charge in [-0.15, -0.1) is 0 Å². The van der Waals surface area contributed by atoms with Crippen LogP contribution in [-0.4, -0.2) is 23.1 Å². The number of hydrogen-bond acceptors (Lipinski definition) is 4. The van der Waals surface area contributed by atoms with E-state index in [0.29, 0.717) is 10.0 Å². The Morgan fingerprint density at radius 2 is 1.30 bits per heavy atom. The number of benzene rings is 2. The van der Waals surface area contributed by atoms with Gasteiger partial charge in [-0.1, -0.05) is 23.2 Å². The first-order chi connectivity index (χ1) is 10.5. The molecule has 0 aliphatic rings. The van der Waals surface area contributed by atoms with Crippen LogP contribution in [0.3, 0.4) is 0 Å². The lowest BCUT2D eigenvalue weighted by Crippen LogP contribution is -2.13. The molecule has 2 aromatic rings.